The van der Waals surface area contributed by atoms with Crippen LogP contribution in [0.5, 0.6) is 0 Å². The maximum absolute atomic E-state index is 6.13. The Labute approximate surface area is 142 Å². The van der Waals surface area contributed by atoms with Crippen molar-refractivity contribution >= 4 is 18.2 Å². The van der Waals surface area contributed by atoms with Crippen molar-refractivity contribution in [1.29, 1.82) is 0 Å². The number of imidazole rings is 1. The van der Waals surface area contributed by atoms with Gasteiger partial charge >= 0.3 is 7.12 Å². The minimum atomic E-state index is -0.364. The summed E-state index contributed by atoms with van der Waals surface area (Å²) in [6.45, 7) is 8.26. The number of benzene rings is 1. The van der Waals surface area contributed by atoms with Crippen LogP contribution in [0.3, 0.4) is 0 Å². The molecule has 1 saturated heterocycles. The van der Waals surface area contributed by atoms with E-state index in [9.17, 15) is 0 Å². The summed E-state index contributed by atoms with van der Waals surface area (Å²) in [4.78, 5) is 4.55. The van der Waals surface area contributed by atoms with E-state index in [0.717, 1.165) is 22.4 Å². The van der Waals surface area contributed by atoms with Gasteiger partial charge in [0.05, 0.1) is 23.1 Å². The first-order valence-corrected chi connectivity index (χ1v) is 8.25. The minimum absolute atomic E-state index is 0.339. The van der Waals surface area contributed by atoms with Crippen molar-refractivity contribution in [3.05, 3.63) is 54.9 Å². The topological polar surface area (TPSA) is 35.8 Å². The molecule has 3 aromatic rings. The molecule has 0 amide bonds. The molecule has 1 aliphatic heterocycles. The summed E-state index contributed by atoms with van der Waals surface area (Å²) in [5.74, 6) is 0. The van der Waals surface area contributed by atoms with E-state index in [2.05, 4.69) is 49.2 Å². The molecule has 1 fully saturated rings. The van der Waals surface area contributed by atoms with E-state index in [0.29, 0.717) is 0 Å². The molecule has 1 aliphatic rings. The van der Waals surface area contributed by atoms with Gasteiger partial charge in [0, 0.05) is 11.8 Å². The third-order valence-electron chi connectivity index (χ3n) is 5.13. The number of fused-ring (bicyclic) bond motifs is 1. The van der Waals surface area contributed by atoms with Crippen LogP contribution in [-0.2, 0) is 9.31 Å². The Hall–Kier alpha value is -2.11. The standard InChI is InChI=1S/C19H21BN2O2/c1-18(2)19(3,4)24-20(23-18)15-10-11-22-16(13-21-17(22)12-15)14-8-6-5-7-9-14/h5-13H,1-4H3. The van der Waals surface area contributed by atoms with Crippen LogP contribution in [0.4, 0.5) is 0 Å². The average molecular weight is 320 g/mol. The Morgan fingerprint density at radius 3 is 2.29 bits per heavy atom. The number of rotatable bonds is 2. The normalized spacial score (nSPS) is 19.1. The van der Waals surface area contributed by atoms with E-state index in [1.807, 2.05) is 42.7 Å². The van der Waals surface area contributed by atoms with E-state index in [-0.39, 0.29) is 18.3 Å². The van der Waals surface area contributed by atoms with E-state index >= 15 is 0 Å². The summed E-state index contributed by atoms with van der Waals surface area (Å²) in [5, 5.41) is 0. The molecule has 122 valence electrons. The van der Waals surface area contributed by atoms with Crippen LogP contribution in [0.1, 0.15) is 27.7 Å². The van der Waals surface area contributed by atoms with Crippen LogP contribution in [-0.4, -0.2) is 27.7 Å². The van der Waals surface area contributed by atoms with Crippen LogP contribution >= 0.6 is 0 Å². The molecule has 0 radical (unpaired) electrons. The zero-order valence-electron chi connectivity index (χ0n) is 14.5. The van der Waals surface area contributed by atoms with Crippen molar-refractivity contribution in [2.45, 2.75) is 38.9 Å². The molecule has 0 spiro atoms. The summed E-state index contributed by atoms with van der Waals surface area (Å²) < 4.78 is 14.3. The largest absolute Gasteiger partial charge is 0.495 e. The SMILES string of the molecule is CC1(C)OB(c2ccn3c(-c4ccccc4)cnc3c2)OC1(C)C. The van der Waals surface area contributed by atoms with Crippen molar-refractivity contribution in [2.75, 3.05) is 0 Å². The zero-order valence-corrected chi connectivity index (χ0v) is 14.5. The number of hydrogen-bond donors (Lipinski definition) is 0. The zero-order chi connectivity index (χ0) is 16.9. The fourth-order valence-corrected chi connectivity index (χ4v) is 2.94. The first-order valence-electron chi connectivity index (χ1n) is 8.25. The summed E-state index contributed by atoms with van der Waals surface area (Å²) >= 11 is 0. The van der Waals surface area contributed by atoms with Crippen LogP contribution in [0.15, 0.2) is 54.9 Å². The quantitative estimate of drug-likeness (QED) is 0.680. The Balaban J connectivity index is 1.71. The summed E-state index contributed by atoms with van der Waals surface area (Å²) in [6.07, 6.45) is 3.93. The van der Waals surface area contributed by atoms with E-state index in [1.165, 1.54) is 0 Å². The predicted octanol–water partition coefficient (Wildman–Crippen LogP) is 3.30. The van der Waals surface area contributed by atoms with Gasteiger partial charge in [0.1, 0.15) is 5.65 Å². The van der Waals surface area contributed by atoms with Gasteiger partial charge in [-0.25, -0.2) is 4.98 Å². The Morgan fingerprint density at radius 2 is 1.62 bits per heavy atom. The van der Waals surface area contributed by atoms with Crippen molar-refractivity contribution in [2.24, 2.45) is 0 Å². The number of pyridine rings is 1. The van der Waals surface area contributed by atoms with Crippen LogP contribution < -0.4 is 5.46 Å². The summed E-state index contributed by atoms with van der Waals surface area (Å²) in [5.41, 5.74) is 3.43. The first kappa shape index (κ1) is 15.4. The Bertz CT molecular complexity index is 871. The lowest BCUT2D eigenvalue weighted by molar-refractivity contribution is 0.00578. The van der Waals surface area contributed by atoms with Gasteiger partial charge < -0.3 is 9.31 Å². The van der Waals surface area contributed by atoms with Crippen LogP contribution in [0.2, 0.25) is 0 Å². The Morgan fingerprint density at radius 1 is 0.958 bits per heavy atom. The molecule has 2 aromatic heterocycles. The summed E-state index contributed by atoms with van der Waals surface area (Å²) in [7, 11) is -0.364. The molecule has 0 aliphatic carbocycles. The van der Waals surface area contributed by atoms with Gasteiger partial charge in [0.2, 0.25) is 0 Å². The van der Waals surface area contributed by atoms with Gasteiger partial charge in [-0.15, -0.1) is 0 Å². The van der Waals surface area contributed by atoms with Gasteiger partial charge in [-0.2, -0.15) is 0 Å². The molecule has 0 N–H and O–H groups in total. The monoisotopic (exact) mass is 320 g/mol. The molecule has 0 saturated carbocycles. The van der Waals surface area contributed by atoms with Gasteiger partial charge in [-0.1, -0.05) is 30.3 Å². The molecule has 0 bridgehead atoms. The molecule has 24 heavy (non-hydrogen) atoms. The lowest BCUT2D eigenvalue weighted by atomic mass is 9.80. The van der Waals surface area contributed by atoms with Crippen LogP contribution in [0.25, 0.3) is 16.9 Å². The van der Waals surface area contributed by atoms with Gasteiger partial charge in [-0.3, -0.25) is 4.40 Å². The second kappa shape index (κ2) is 5.20. The second-order valence-corrected chi connectivity index (χ2v) is 7.29. The highest BCUT2D eigenvalue weighted by Crippen LogP contribution is 2.36. The molecular weight excluding hydrogens is 299 g/mol. The highest BCUT2D eigenvalue weighted by molar-refractivity contribution is 6.62. The summed E-state index contributed by atoms with van der Waals surface area (Å²) in [6, 6.07) is 14.3. The van der Waals surface area contributed by atoms with E-state index < -0.39 is 0 Å². The fourth-order valence-electron chi connectivity index (χ4n) is 2.94. The molecular formula is C19H21BN2O2. The molecule has 3 heterocycles. The minimum Gasteiger partial charge on any atom is -0.399 e. The maximum Gasteiger partial charge on any atom is 0.495 e. The smallest absolute Gasteiger partial charge is 0.399 e. The maximum atomic E-state index is 6.13. The molecule has 0 atom stereocenters. The van der Waals surface area contributed by atoms with Crippen molar-refractivity contribution in [3.63, 3.8) is 0 Å². The average Bonchev–Trinajstić information content (AvgIpc) is 3.06. The van der Waals surface area contributed by atoms with Crippen molar-refractivity contribution in [3.8, 4) is 11.3 Å². The fraction of sp³-hybridized carbons (Fsp3) is 0.316. The van der Waals surface area contributed by atoms with Gasteiger partial charge in [-0.05, 0) is 45.3 Å². The highest BCUT2D eigenvalue weighted by atomic mass is 16.7. The lowest BCUT2D eigenvalue weighted by Crippen LogP contribution is -2.41. The Kier molecular flexibility index (Phi) is 3.34. The van der Waals surface area contributed by atoms with Gasteiger partial charge in [0.25, 0.3) is 0 Å². The van der Waals surface area contributed by atoms with Crippen molar-refractivity contribution in [1.82, 2.24) is 9.38 Å². The van der Waals surface area contributed by atoms with Crippen molar-refractivity contribution < 1.29 is 9.31 Å². The molecule has 5 heteroatoms. The number of aromatic nitrogens is 2. The highest BCUT2D eigenvalue weighted by Gasteiger charge is 2.51. The molecule has 4 nitrogen and oxygen atoms in total. The predicted molar refractivity (Wildman–Crippen MR) is 96.3 cm³/mol. The lowest BCUT2D eigenvalue weighted by Gasteiger charge is -2.32. The second-order valence-electron chi connectivity index (χ2n) is 7.29. The van der Waals surface area contributed by atoms with E-state index in [1.54, 1.807) is 0 Å². The molecule has 1 aromatic carbocycles. The third-order valence-corrected chi connectivity index (χ3v) is 5.13. The third kappa shape index (κ3) is 2.36. The van der Waals surface area contributed by atoms with Crippen LogP contribution in [0, 0.1) is 0 Å². The molecule has 0 unspecified atom stereocenters. The number of hydrogen-bond acceptors (Lipinski definition) is 3. The van der Waals surface area contributed by atoms with Gasteiger partial charge in [0.15, 0.2) is 0 Å². The van der Waals surface area contributed by atoms with E-state index in [4.69, 9.17) is 9.31 Å². The molecule has 4 rings (SSSR count). The number of nitrogens with zero attached hydrogens (tertiary/aromatic N) is 2. The first-order chi connectivity index (χ1) is 11.4.